The van der Waals surface area contributed by atoms with Gasteiger partial charge in [-0.05, 0) is 36.6 Å². The number of nitrogens with one attached hydrogen (secondary N) is 1. The summed E-state index contributed by atoms with van der Waals surface area (Å²) in [5, 5.41) is 0. The molecule has 0 atom stereocenters. The van der Waals surface area contributed by atoms with Gasteiger partial charge in [0.2, 0.25) is 20.0 Å². The van der Waals surface area contributed by atoms with E-state index in [2.05, 4.69) is 4.72 Å². The summed E-state index contributed by atoms with van der Waals surface area (Å²) < 4.78 is 61.7. The van der Waals surface area contributed by atoms with Gasteiger partial charge in [-0.1, -0.05) is 0 Å². The molecule has 1 aliphatic heterocycles. The number of nitrogens with zero attached hydrogens (tertiary/aromatic N) is 1. The number of anilines is 2. The lowest BCUT2D eigenvalue weighted by Crippen LogP contribution is -2.34. The quantitative estimate of drug-likeness (QED) is 0.624. The third-order valence-corrected chi connectivity index (χ3v) is 6.19. The molecule has 0 aromatic heterocycles. The smallest absolute Gasteiger partial charge is 0.234 e. The molecule has 0 spiro atoms. The number of fused-ring (bicyclic) bond motifs is 1. The number of ether oxygens (including phenoxy) is 2. The van der Waals surface area contributed by atoms with Gasteiger partial charge >= 0.3 is 0 Å². The first kappa shape index (κ1) is 20.0. The van der Waals surface area contributed by atoms with Crippen LogP contribution in [0.1, 0.15) is 12.0 Å². The van der Waals surface area contributed by atoms with E-state index in [4.69, 9.17) is 9.47 Å². The highest BCUT2D eigenvalue weighted by molar-refractivity contribution is 7.92. The van der Waals surface area contributed by atoms with Crippen molar-refractivity contribution in [3.8, 4) is 0 Å². The molecular formula is C15H24N2O6S2. The van der Waals surface area contributed by atoms with E-state index in [0.717, 1.165) is 5.56 Å². The topological polar surface area (TPSA) is 102 Å². The van der Waals surface area contributed by atoms with Crippen LogP contribution in [0.4, 0.5) is 11.4 Å². The van der Waals surface area contributed by atoms with Crippen LogP contribution in [0, 0.1) is 0 Å². The summed E-state index contributed by atoms with van der Waals surface area (Å²) in [5.41, 5.74) is 1.85. The van der Waals surface area contributed by atoms with E-state index in [9.17, 15) is 16.8 Å². The Bertz CT molecular complexity index is 792. The maximum Gasteiger partial charge on any atom is 0.234 e. The SMILES string of the molecule is COCCOCCS(=O)(=O)Nc1ccc2c(c1)CCCN2S(C)(=O)=O. The van der Waals surface area contributed by atoms with Gasteiger partial charge in [0.1, 0.15) is 0 Å². The maximum atomic E-state index is 12.1. The van der Waals surface area contributed by atoms with Crippen LogP contribution in [-0.2, 0) is 35.9 Å². The molecule has 0 saturated carbocycles. The molecule has 0 aliphatic carbocycles. The standard InChI is InChI=1S/C15H24N2O6S2/c1-22-8-9-23-10-11-25(20,21)16-14-5-6-15-13(12-14)4-3-7-17(15)24(2,18)19/h5-6,12,16H,3-4,7-11H2,1-2H3. The fraction of sp³-hybridized carbons (Fsp3) is 0.600. The lowest BCUT2D eigenvalue weighted by atomic mass is 10.0. The second kappa shape index (κ2) is 8.35. The first-order valence-electron chi connectivity index (χ1n) is 7.91. The van der Waals surface area contributed by atoms with Gasteiger partial charge in [0.15, 0.2) is 0 Å². The third kappa shape index (κ3) is 5.84. The fourth-order valence-electron chi connectivity index (χ4n) is 2.61. The number of sulfonamides is 2. The van der Waals surface area contributed by atoms with Crippen molar-refractivity contribution in [1.29, 1.82) is 0 Å². The van der Waals surface area contributed by atoms with Crippen molar-refractivity contribution in [1.82, 2.24) is 0 Å². The summed E-state index contributed by atoms with van der Waals surface area (Å²) >= 11 is 0. The van der Waals surface area contributed by atoms with Crippen LogP contribution in [-0.4, -0.2) is 62.3 Å². The molecule has 0 saturated heterocycles. The number of hydrogen-bond acceptors (Lipinski definition) is 6. The second-order valence-electron chi connectivity index (χ2n) is 5.81. The Balaban J connectivity index is 2.04. The molecule has 0 radical (unpaired) electrons. The number of methoxy groups -OCH3 is 1. The van der Waals surface area contributed by atoms with E-state index < -0.39 is 20.0 Å². The van der Waals surface area contributed by atoms with Gasteiger partial charge in [0, 0.05) is 19.3 Å². The number of rotatable bonds is 9. The lowest BCUT2D eigenvalue weighted by Gasteiger charge is -2.29. The molecule has 10 heteroatoms. The summed E-state index contributed by atoms with van der Waals surface area (Å²) in [7, 11) is -5.33. The molecule has 8 nitrogen and oxygen atoms in total. The molecule has 1 aliphatic rings. The van der Waals surface area contributed by atoms with Crippen LogP contribution < -0.4 is 9.03 Å². The summed E-state index contributed by atoms with van der Waals surface area (Å²) in [6, 6.07) is 4.91. The highest BCUT2D eigenvalue weighted by Crippen LogP contribution is 2.31. The van der Waals surface area contributed by atoms with Crippen LogP contribution in [0.15, 0.2) is 18.2 Å². The van der Waals surface area contributed by atoms with Crippen molar-refractivity contribution in [2.24, 2.45) is 0 Å². The summed E-state index contributed by atoms with van der Waals surface area (Å²) in [5.74, 6) is -0.163. The van der Waals surface area contributed by atoms with Gasteiger partial charge in [0.25, 0.3) is 0 Å². The van der Waals surface area contributed by atoms with Crippen LogP contribution in [0.5, 0.6) is 0 Å². The van der Waals surface area contributed by atoms with Crippen LogP contribution >= 0.6 is 0 Å². The van der Waals surface area contributed by atoms with E-state index in [1.165, 1.54) is 10.6 Å². The van der Waals surface area contributed by atoms with Gasteiger partial charge in [-0.25, -0.2) is 16.8 Å². The predicted octanol–water partition coefficient (Wildman–Crippen LogP) is 0.804. The van der Waals surface area contributed by atoms with E-state index in [1.54, 1.807) is 25.3 Å². The van der Waals surface area contributed by atoms with E-state index in [0.29, 0.717) is 44.0 Å². The fourth-order valence-corrected chi connectivity index (χ4v) is 4.54. The number of aryl methyl sites for hydroxylation is 1. The van der Waals surface area contributed by atoms with Gasteiger partial charge in [-0.2, -0.15) is 0 Å². The molecule has 1 aromatic rings. The normalized spacial score (nSPS) is 15.0. The minimum absolute atomic E-state index is 0.0749. The van der Waals surface area contributed by atoms with Gasteiger partial charge in [-0.3, -0.25) is 9.03 Å². The Morgan fingerprint density at radius 1 is 1.16 bits per heavy atom. The highest BCUT2D eigenvalue weighted by atomic mass is 32.2. The molecule has 1 heterocycles. The first-order chi connectivity index (χ1) is 11.7. The molecule has 25 heavy (non-hydrogen) atoms. The monoisotopic (exact) mass is 392 g/mol. The van der Waals surface area contributed by atoms with Crippen molar-refractivity contribution in [3.05, 3.63) is 23.8 Å². The maximum absolute atomic E-state index is 12.1. The largest absolute Gasteiger partial charge is 0.382 e. The average molecular weight is 392 g/mol. The van der Waals surface area contributed by atoms with Crippen molar-refractivity contribution in [2.45, 2.75) is 12.8 Å². The Labute approximate surface area is 149 Å². The Kier molecular flexibility index (Phi) is 6.66. The minimum atomic E-state index is -3.54. The summed E-state index contributed by atoms with van der Waals surface area (Å²) in [4.78, 5) is 0. The molecule has 0 amide bonds. The highest BCUT2D eigenvalue weighted by Gasteiger charge is 2.24. The average Bonchev–Trinajstić information content (AvgIpc) is 2.52. The zero-order valence-electron chi connectivity index (χ0n) is 14.4. The van der Waals surface area contributed by atoms with Crippen molar-refractivity contribution < 1.29 is 26.3 Å². The molecule has 2 rings (SSSR count). The van der Waals surface area contributed by atoms with Gasteiger partial charge < -0.3 is 9.47 Å². The van der Waals surface area contributed by atoms with Crippen LogP contribution in [0.3, 0.4) is 0 Å². The first-order valence-corrected chi connectivity index (χ1v) is 11.4. The summed E-state index contributed by atoms with van der Waals surface area (Å²) in [6.45, 7) is 1.27. The zero-order valence-corrected chi connectivity index (χ0v) is 16.0. The molecule has 0 bridgehead atoms. The van der Waals surface area contributed by atoms with Crippen LogP contribution in [0.2, 0.25) is 0 Å². The third-order valence-electron chi connectivity index (χ3n) is 3.76. The molecule has 1 N–H and O–H groups in total. The zero-order chi connectivity index (χ0) is 18.5. The molecule has 142 valence electrons. The predicted molar refractivity (Wildman–Crippen MR) is 97.1 cm³/mol. The molecule has 1 aromatic carbocycles. The number of hydrogen-bond donors (Lipinski definition) is 1. The Morgan fingerprint density at radius 2 is 1.92 bits per heavy atom. The van der Waals surface area contributed by atoms with Crippen molar-refractivity contribution >= 4 is 31.4 Å². The molecule has 0 fully saturated rings. The van der Waals surface area contributed by atoms with E-state index in [1.807, 2.05) is 0 Å². The van der Waals surface area contributed by atoms with Crippen molar-refractivity contribution in [2.75, 3.05) is 54.5 Å². The van der Waals surface area contributed by atoms with E-state index in [-0.39, 0.29) is 12.4 Å². The van der Waals surface area contributed by atoms with E-state index >= 15 is 0 Å². The van der Waals surface area contributed by atoms with Gasteiger partial charge in [0.05, 0.1) is 37.5 Å². The minimum Gasteiger partial charge on any atom is -0.382 e. The van der Waals surface area contributed by atoms with Crippen molar-refractivity contribution in [3.63, 3.8) is 0 Å². The number of benzene rings is 1. The second-order valence-corrected chi connectivity index (χ2v) is 9.56. The Morgan fingerprint density at radius 3 is 2.60 bits per heavy atom. The van der Waals surface area contributed by atoms with Crippen LogP contribution in [0.25, 0.3) is 0 Å². The lowest BCUT2D eigenvalue weighted by molar-refractivity contribution is 0.0785. The molecule has 0 unspecified atom stereocenters. The summed E-state index contributed by atoms with van der Waals surface area (Å²) in [6.07, 6.45) is 2.57. The van der Waals surface area contributed by atoms with Gasteiger partial charge in [-0.15, -0.1) is 0 Å². The molecular weight excluding hydrogens is 368 g/mol. The Hall–Kier alpha value is -1.36.